The Morgan fingerprint density at radius 3 is 2.79 bits per heavy atom. The Hall–Kier alpha value is -3.03. The Kier molecular flexibility index (Phi) is 4.01. The van der Waals surface area contributed by atoms with Crippen molar-refractivity contribution in [3.63, 3.8) is 0 Å². The van der Waals surface area contributed by atoms with Gasteiger partial charge in [0.15, 0.2) is 5.75 Å². The van der Waals surface area contributed by atoms with E-state index in [2.05, 4.69) is 10.4 Å². The van der Waals surface area contributed by atoms with E-state index in [0.29, 0.717) is 29.7 Å². The number of ether oxygens (including phenoxy) is 2. The van der Waals surface area contributed by atoms with Gasteiger partial charge in [-0.2, -0.15) is 4.68 Å². The lowest BCUT2D eigenvalue weighted by Crippen LogP contribution is -2.22. The second-order valence-corrected chi connectivity index (χ2v) is 5.09. The molecule has 2 heterocycles. The topological polar surface area (TPSA) is 84.3 Å². The number of furan rings is 1. The minimum atomic E-state index is -0.437. The number of para-hydroxylation sites is 1. The average molecular weight is 332 g/mol. The van der Waals surface area contributed by atoms with E-state index >= 15 is 0 Å². The summed E-state index contributed by atoms with van der Waals surface area (Å²) in [6.07, 6.45) is 1.42. The van der Waals surface area contributed by atoms with E-state index < -0.39 is 5.69 Å². The van der Waals surface area contributed by atoms with E-state index in [4.69, 9.17) is 15.3 Å². The van der Waals surface area contributed by atoms with Gasteiger partial charge in [0.25, 0.3) is 0 Å². The van der Waals surface area contributed by atoms with E-state index in [0.717, 1.165) is 14.9 Å². The maximum Gasteiger partial charge on any atom is 0.370 e. The first-order valence-electron chi connectivity index (χ1n) is 7.93. The van der Waals surface area contributed by atoms with Crippen molar-refractivity contribution in [2.24, 2.45) is 7.05 Å². The highest BCUT2D eigenvalue weighted by Crippen LogP contribution is 2.29. The Balaban J connectivity index is 1.94. The second kappa shape index (κ2) is 6.61. The van der Waals surface area contributed by atoms with Crippen LogP contribution < -0.4 is 15.2 Å². The Bertz CT molecular complexity index is 944. The van der Waals surface area contributed by atoms with Gasteiger partial charge in [-0.05, 0) is 35.9 Å². The summed E-state index contributed by atoms with van der Waals surface area (Å²) in [6, 6.07) is 5.50. The summed E-state index contributed by atoms with van der Waals surface area (Å²) in [6.45, 7) is 4.26. The quantitative estimate of drug-likeness (QED) is 0.685. The molecular formula is C16H18N4O4. The molecule has 0 saturated carbocycles. The predicted molar refractivity (Wildman–Crippen MR) is 85.5 cm³/mol. The van der Waals surface area contributed by atoms with Gasteiger partial charge in [-0.25, -0.2) is 4.79 Å². The van der Waals surface area contributed by atoms with Crippen molar-refractivity contribution in [3.8, 4) is 17.4 Å². The van der Waals surface area contributed by atoms with Crippen LogP contribution in [0.5, 0.6) is 11.5 Å². The number of tetrazole rings is 1. The summed E-state index contributed by atoms with van der Waals surface area (Å²) in [7, 11) is 1.50. The zero-order chi connectivity index (χ0) is 18.0. The summed E-state index contributed by atoms with van der Waals surface area (Å²) < 4.78 is 26.6. The van der Waals surface area contributed by atoms with E-state index in [9.17, 15) is 4.79 Å². The lowest BCUT2D eigenvalue weighted by Gasteiger charge is -2.10. The highest BCUT2D eigenvalue weighted by atomic mass is 16.5. The Labute approximate surface area is 139 Å². The van der Waals surface area contributed by atoms with Gasteiger partial charge < -0.3 is 13.9 Å². The Morgan fingerprint density at radius 2 is 2.12 bits per heavy atom. The molecule has 2 aromatic heterocycles. The molecule has 0 unspecified atom stereocenters. The van der Waals surface area contributed by atoms with Gasteiger partial charge in [0.2, 0.25) is 5.88 Å². The van der Waals surface area contributed by atoms with Crippen molar-refractivity contribution in [1.29, 1.82) is 0 Å². The summed E-state index contributed by atoms with van der Waals surface area (Å²) in [5.41, 5.74) is 0.958. The minimum Gasteiger partial charge on any atom is -0.490 e. The third kappa shape index (κ3) is 2.90. The highest BCUT2D eigenvalue weighted by molar-refractivity contribution is 5.42. The van der Waals surface area contributed by atoms with E-state index in [1.165, 1.54) is 13.3 Å². The van der Waals surface area contributed by atoms with Crippen molar-refractivity contribution < 1.29 is 15.3 Å². The lowest BCUT2D eigenvalue weighted by molar-refractivity contribution is 0.285. The van der Waals surface area contributed by atoms with E-state index in [1.54, 1.807) is 18.2 Å². The molecule has 0 radical (unpaired) electrons. The average Bonchev–Trinajstić information content (AvgIpc) is 3.11. The summed E-state index contributed by atoms with van der Waals surface area (Å²) >= 11 is 0. The third-order valence-corrected chi connectivity index (χ3v) is 3.44. The molecule has 24 heavy (non-hydrogen) atoms. The number of hydrogen-bond acceptors (Lipinski definition) is 6. The zero-order valence-corrected chi connectivity index (χ0v) is 13.6. The molecule has 0 atom stereocenters. The van der Waals surface area contributed by atoms with Crippen LogP contribution >= 0.6 is 0 Å². The number of nitrogens with zero attached hydrogens (tertiary/aromatic N) is 4. The highest BCUT2D eigenvalue weighted by Gasteiger charge is 2.21. The SMILES string of the molecule is [3H]c1ccc(OCc2c(OCC)coc2-n2nnn(C)c2=O)c(C)c1. The first kappa shape index (κ1) is 14.6. The fourth-order valence-electron chi connectivity index (χ4n) is 2.20. The fourth-order valence-corrected chi connectivity index (χ4v) is 2.20. The third-order valence-electron chi connectivity index (χ3n) is 3.44. The maximum atomic E-state index is 12.1. The minimum absolute atomic E-state index is 0.113. The fraction of sp³-hybridized carbons (Fsp3) is 0.312. The van der Waals surface area contributed by atoms with Crippen LogP contribution in [0.2, 0.25) is 0 Å². The molecule has 8 heteroatoms. The van der Waals surface area contributed by atoms with Gasteiger partial charge in [0.1, 0.15) is 18.6 Å². The Morgan fingerprint density at radius 1 is 1.29 bits per heavy atom. The summed E-state index contributed by atoms with van der Waals surface area (Å²) in [4.78, 5) is 12.1. The molecule has 0 fully saturated rings. The molecule has 0 N–H and O–H groups in total. The van der Waals surface area contributed by atoms with E-state index in [-0.39, 0.29) is 12.5 Å². The van der Waals surface area contributed by atoms with Crippen LogP contribution in [0.4, 0.5) is 0 Å². The van der Waals surface area contributed by atoms with E-state index in [1.807, 2.05) is 13.8 Å². The molecule has 0 aliphatic rings. The molecule has 1 aromatic carbocycles. The molecule has 0 amide bonds. The van der Waals surface area contributed by atoms with Gasteiger partial charge in [-0.3, -0.25) is 0 Å². The molecule has 3 rings (SSSR count). The van der Waals surface area contributed by atoms with Crippen molar-refractivity contribution in [2.45, 2.75) is 20.5 Å². The van der Waals surface area contributed by atoms with Crippen molar-refractivity contribution in [2.75, 3.05) is 6.61 Å². The van der Waals surface area contributed by atoms with Crippen molar-refractivity contribution >= 4 is 0 Å². The normalized spacial score (nSPS) is 11.4. The standard InChI is InChI=1S/C16H18N4O4/c1-4-22-14-10-24-15(20-16(21)19(3)17-18-20)12(14)9-23-13-8-6-5-7-11(13)2/h5-8,10H,4,9H2,1-3H3/i5T. The van der Waals surface area contributed by atoms with Crippen LogP contribution in [0.25, 0.3) is 5.88 Å². The molecule has 8 nitrogen and oxygen atoms in total. The van der Waals surface area contributed by atoms with Gasteiger partial charge in [-0.1, -0.05) is 18.2 Å². The number of rotatable bonds is 6. The van der Waals surface area contributed by atoms with Crippen LogP contribution in [0, 0.1) is 6.92 Å². The van der Waals surface area contributed by atoms with Gasteiger partial charge in [-0.15, -0.1) is 4.68 Å². The largest absolute Gasteiger partial charge is 0.490 e. The number of aromatic nitrogens is 4. The van der Waals surface area contributed by atoms with Gasteiger partial charge in [0, 0.05) is 7.05 Å². The molecule has 0 aliphatic heterocycles. The zero-order valence-electron chi connectivity index (χ0n) is 14.6. The molecule has 0 saturated heterocycles. The van der Waals surface area contributed by atoms with Crippen molar-refractivity contribution in [3.05, 3.63) is 52.1 Å². The van der Waals surface area contributed by atoms with Gasteiger partial charge in [0.05, 0.1) is 13.5 Å². The summed E-state index contributed by atoms with van der Waals surface area (Å²) in [5, 5.41) is 7.48. The predicted octanol–water partition coefficient (Wildman–Crippen LogP) is 1.85. The van der Waals surface area contributed by atoms with Gasteiger partial charge >= 0.3 is 5.69 Å². The first-order chi connectivity index (χ1) is 12.0. The molecule has 0 aliphatic carbocycles. The van der Waals surface area contributed by atoms with Crippen LogP contribution in [0.3, 0.4) is 0 Å². The second-order valence-electron chi connectivity index (χ2n) is 5.09. The van der Waals surface area contributed by atoms with Crippen LogP contribution in [0.15, 0.2) is 39.7 Å². The molecule has 126 valence electrons. The number of benzene rings is 1. The maximum absolute atomic E-state index is 12.1. The molecule has 0 bridgehead atoms. The van der Waals surface area contributed by atoms with Crippen LogP contribution in [-0.4, -0.2) is 26.4 Å². The van der Waals surface area contributed by atoms with Crippen molar-refractivity contribution in [1.82, 2.24) is 19.8 Å². The lowest BCUT2D eigenvalue weighted by atomic mass is 10.2. The molecule has 3 aromatic rings. The summed E-state index contributed by atoms with van der Waals surface area (Å²) in [5.74, 6) is 1.32. The number of hydrogen-bond donors (Lipinski definition) is 0. The van der Waals surface area contributed by atoms with Crippen LogP contribution in [0.1, 0.15) is 19.4 Å². The monoisotopic (exact) mass is 332 g/mol. The molecular weight excluding hydrogens is 312 g/mol. The smallest absolute Gasteiger partial charge is 0.370 e. The van der Waals surface area contributed by atoms with Crippen LogP contribution in [-0.2, 0) is 13.7 Å². The first-order valence-corrected chi connectivity index (χ1v) is 7.43. The number of aryl methyl sites for hydroxylation is 2. The molecule has 0 spiro atoms.